The summed E-state index contributed by atoms with van der Waals surface area (Å²) in [4.78, 5) is 15.3. The molecular formula is C16H33Cl2N3O2. The number of ether oxygens (including phenoxy) is 1. The lowest BCUT2D eigenvalue weighted by molar-refractivity contribution is -0.137. The van der Waals surface area contributed by atoms with Crippen LogP contribution in [0, 0.1) is 5.41 Å². The number of amides is 1. The maximum atomic E-state index is 12.8. The van der Waals surface area contributed by atoms with Crippen molar-refractivity contribution in [2.24, 2.45) is 5.41 Å². The fourth-order valence-electron chi connectivity index (χ4n) is 3.57. The SMILES string of the molecule is CCCN1CCC(NC(=O)C2(COC)CCNCC2)CC1.Cl.Cl. The fourth-order valence-corrected chi connectivity index (χ4v) is 3.57. The van der Waals surface area contributed by atoms with Gasteiger partial charge in [-0.2, -0.15) is 0 Å². The molecule has 2 N–H and O–H groups in total. The molecule has 2 aliphatic heterocycles. The highest BCUT2D eigenvalue weighted by Crippen LogP contribution is 2.30. The Morgan fingerprint density at radius 3 is 2.39 bits per heavy atom. The van der Waals surface area contributed by atoms with Crippen molar-refractivity contribution >= 4 is 30.7 Å². The normalized spacial score (nSPS) is 21.8. The van der Waals surface area contributed by atoms with Crippen LogP contribution in [0.25, 0.3) is 0 Å². The van der Waals surface area contributed by atoms with Gasteiger partial charge in [0.25, 0.3) is 0 Å². The maximum absolute atomic E-state index is 12.8. The van der Waals surface area contributed by atoms with Crippen molar-refractivity contribution < 1.29 is 9.53 Å². The molecule has 0 radical (unpaired) electrons. The van der Waals surface area contributed by atoms with Crippen LogP contribution in [0.15, 0.2) is 0 Å². The van der Waals surface area contributed by atoms with Gasteiger partial charge in [0, 0.05) is 26.2 Å². The van der Waals surface area contributed by atoms with Gasteiger partial charge in [0.2, 0.25) is 5.91 Å². The molecule has 1 amide bonds. The fraction of sp³-hybridized carbons (Fsp3) is 0.938. The number of rotatable bonds is 6. The van der Waals surface area contributed by atoms with Gasteiger partial charge < -0.3 is 20.3 Å². The third-order valence-electron chi connectivity index (χ3n) is 4.93. The van der Waals surface area contributed by atoms with E-state index in [1.165, 1.54) is 13.0 Å². The lowest BCUT2D eigenvalue weighted by Crippen LogP contribution is -2.54. The molecule has 0 aromatic rings. The van der Waals surface area contributed by atoms with Crippen LogP contribution in [0.1, 0.15) is 39.0 Å². The number of hydrogen-bond donors (Lipinski definition) is 2. The lowest BCUT2D eigenvalue weighted by Gasteiger charge is -2.38. The Bertz CT molecular complexity index is 326. The van der Waals surface area contributed by atoms with Gasteiger partial charge in [0.1, 0.15) is 0 Å². The summed E-state index contributed by atoms with van der Waals surface area (Å²) < 4.78 is 5.35. The molecule has 23 heavy (non-hydrogen) atoms. The summed E-state index contributed by atoms with van der Waals surface area (Å²) in [5.74, 6) is 0.208. The number of hydrogen-bond acceptors (Lipinski definition) is 4. The van der Waals surface area contributed by atoms with Crippen molar-refractivity contribution in [3.05, 3.63) is 0 Å². The first-order chi connectivity index (χ1) is 10.2. The summed E-state index contributed by atoms with van der Waals surface area (Å²) in [6.07, 6.45) is 5.11. The molecule has 0 aromatic carbocycles. The molecule has 0 unspecified atom stereocenters. The third kappa shape index (κ3) is 6.39. The third-order valence-corrected chi connectivity index (χ3v) is 4.93. The van der Waals surface area contributed by atoms with Crippen LogP contribution in [0.4, 0.5) is 0 Å². The Morgan fingerprint density at radius 1 is 1.26 bits per heavy atom. The average Bonchev–Trinajstić information content (AvgIpc) is 2.51. The number of nitrogens with zero attached hydrogens (tertiary/aromatic N) is 1. The molecule has 0 aliphatic carbocycles. The van der Waals surface area contributed by atoms with Crippen molar-refractivity contribution in [1.82, 2.24) is 15.5 Å². The number of piperidine rings is 2. The summed E-state index contributed by atoms with van der Waals surface area (Å²) >= 11 is 0. The van der Waals surface area contributed by atoms with Gasteiger partial charge in [-0.15, -0.1) is 24.8 Å². The highest BCUT2D eigenvalue weighted by Gasteiger charge is 2.40. The van der Waals surface area contributed by atoms with Gasteiger partial charge in [-0.25, -0.2) is 0 Å². The number of nitrogens with one attached hydrogen (secondary N) is 2. The second-order valence-corrected chi connectivity index (χ2v) is 6.55. The van der Waals surface area contributed by atoms with Gasteiger partial charge in [-0.1, -0.05) is 6.92 Å². The molecule has 2 aliphatic rings. The molecule has 138 valence electrons. The van der Waals surface area contributed by atoms with E-state index in [2.05, 4.69) is 22.5 Å². The summed E-state index contributed by atoms with van der Waals surface area (Å²) in [5.41, 5.74) is -0.319. The van der Waals surface area contributed by atoms with Gasteiger partial charge in [-0.05, 0) is 51.7 Å². The van der Waals surface area contributed by atoms with E-state index in [4.69, 9.17) is 4.74 Å². The quantitative estimate of drug-likeness (QED) is 0.749. The Balaban J connectivity index is 0.00000242. The van der Waals surface area contributed by atoms with Crippen LogP contribution >= 0.6 is 24.8 Å². The van der Waals surface area contributed by atoms with E-state index in [1.807, 2.05) is 0 Å². The summed E-state index contributed by atoms with van der Waals surface area (Å²) in [6, 6.07) is 0.342. The molecule has 0 atom stereocenters. The van der Waals surface area contributed by atoms with Gasteiger partial charge in [-0.3, -0.25) is 4.79 Å². The molecule has 0 spiro atoms. The van der Waals surface area contributed by atoms with Crippen LogP contribution in [0.3, 0.4) is 0 Å². The number of carbonyl (C=O) groups excluding carboxylic acids is 1. The van der Waals surface area contributed by atoms with E-state index in [9.17, 15) is 4.79 Å². The molecule has 2 rings (SSSR count). The van der Waals surface area contributed by atoms with Crippen molar-refractivity contribution in [1.29, 1.82) is 0 Å². The van der Waals surface area contributed by atoms with Crippen molar-refractivity contribution in [2.75, 3.05) is 46.4 Å². The van der Waals surface area contributed by atoms with Gasteiger partial charge >= 0.3 is 0 Å². The highest BCUT2D eigenvalue weighted by atomic mass is 35.5. The monoisotopic (exact) mass is 369 g/mol. The Hall–Kier alpha value is -0.0700. The zero-order chi connectivity index (χ0) is 15.1. The first kappa shape index (κ1) is 22.9. The first-order valence-electron chi connectivity index (χ1n) is 8.43. The molecule has 7 heteroatoms. The standard InChI is InChI=1S/C16H31N3O2.2ClH/c1-3-10-19-11-4-14(5-12-19)18-15(20)16(13-21-2)6-8-17-9-7-16;;/h14,17H,3-13H2,1-2H3,(H,18,20);2*1H. The second kappa shape index (κ2) is 11.5. The minimum Gasteiger partial charge on any atom is -0.384 e. The smallest absolute Gasteiger partial charge is 0.228 e. The van der Waals surface area contributed by atoms with Crippen LogP contribution < -0.4 is 10.6 Å². The molecule has 5 nitrogen and oxygen atoms in total. The number of likely N-dealkylation sites (tertiary alicyclic amines) is 1. The summed E-state index contributed by atoms with van der Waals surface area (Å²) in [5, 5.41) is 6.64. The van der Waals surface area contributed by atoms with Gasteiger partial charge in [0.05, 0.1) is 12.0 Å². The second-order valence-electron chi connectivity index (χ2n) is 6.55. The molecule has 2 heterocycles. The Labute approximate surface area is 153 Å². The summed E-state index contributed by atoms with van der Waals surface area (Å²) in [7, 11) is 1.69. The van der Waals surface area contributed by atoms with Crippen LogP contribution in [0.2, 0.25) is 0 Å². The Kier molecular flexibility index (Phi) is 11.4. The number of halogens is 2. The average molecular weight is 370 g/mol. The predicted octanol–water partition coefficient (Wildman–Crippen LogP) is 1.84. The minimum atomic E-state index is -0.319. The molecule has 0 saturated carbocycles. The van der Waals surface area contributed by atoms with E-state index >= 15 is 0 Å². The first-order valence-corrected chi connectivity index (χ1v) is 8.43. The molecule has 2 saturated heterocycles. The van der Waals surface area contributed by atoms with Crippen LogP contribution in [-0.4, -0.2) is 63.3 Å². The zero-order valence-electron chi connectivity index (χ0n) is 14.4. The number of carbonyl (C=O) groups is 1. The maximum Gasteiger partial charge on any atom is 0.228 e. The van der Waals surface area contributed by atoms with Crippen molar-refractivity contribution in [3.8, 4) is 0 Å². The topological polar surface area (TPSA) is 53.6 Å². The van der Waals surface area contributed by atoms with E-state index in [-0.39, 0.29) is 36.1 Å². The number of methoxy groups -OCH3 is 1. The van der Waals surface area contributed by atoms with Crippen molar-refractivity contribution in [3.63, 3.8) is 0 Å². The Morgan fingerprint density at radius 2 is 1.87 bits per heavy atom. The highest BCUT2D eigenvalue weighted by molar-refractivity contribution is 5.85. The van der Waals surface area contributed by atoms with E-state index in [0.29, 0.717) is 12.6 Å². The van der Waals surface area contributed by atoms with Crippen molar-refractivity contribution in [2.45, 2.75) is 45.1 Å². The minimum absolute atomic E-state index is 0. The largest absolute Gasteiger partial charge is 0.384 e. The molecule has 0 aromatic heterocycles. The summed E-state index contributed by atoms with van der Waals surface area (Å²) in [6.45, 7) is 7.97. The van der Waals surface area contributed by atoms with Crippen LogP contribution in [-0.2, 0) is 9.53 Å². The van der Waals surface area contributed by atoms with Crippen LogP contribution in [0.5, 0.6) is 0 Å². The predicted molar refractivity (Wildman–Crippen MR) is 98.8 cm³/mol. The van der Waals surface area contributed by atoms with E-state index < -0.39 is 0 Å². The van der Waals surface area contributed by atoms with Gasteiger partial charge in [0.15, 0.2) is 0 Å². The molecule has 0 bridgehead atoms. The van der Waals surface area contributed by atoms with E-state index in [1.54, 1.807) is 7.11 Å². The zero-order valence-corrected chi connectivity index (χ0v) is 16.1. The molecule has 2 fully saturated rings. The van der Waals surface area contributed by atoms with E-state index in [0.717, 1.165) is 51.9 Å². The molecular weight excluding hydrogens is 337 g/mol. The lowest BCUT2D eigenvalue weighted by atomic mass is 9.78.